The van der Waals surface area contributed by atoms with Crippen molar-refractivity contribution in [1.82, 2.24) is 9.78 Å². The number of rotatable bonds is 4. The van der Waals surface area contributed by atoms with Gasteiger partial charge in [-0.3, -0.25) is 4.68 Å². The molecule has 1 aromatic heterocycles. The van der Waals surface area contributed by atoms with Crippen molar-refractivity contribution in [3.63, 3.8) is 0 Å². The minimum atomic E-state index is -0.958. The monoisotopic (exact) mass is 294 g/mol. The molecule has 2 rings (SSSR count). The summed E-state index contributed by atoms with van der Waals surface area (Å²) in [5.41, 5.74) is 1.16. The summed E-state index contributed by atoms with van der Waals surface area (Å²) in [6, 6.07) is 6.77. The topological polar surface area (TPSA) is 64.3 Å². The first-order chi connectivity index (χ1) is 9.52. The molecular weight excluding hydrogens is 280 g/mol. The highest BCUT2D eigenvalue weighted by Crippen LogP contribution is 2.26. The number of esters is 1. The number of carbonyl (C=O) groups is 1. The largest absolute Gasteiger partial charge is 0.461 e. The number of hydrogen-bond donors (Lipinski definition) is 1. The molecule has 0 aliphatic rings. The van der Waals surface area contributed by atoms with Crippen molar-refractivity contribution in [1.29, 1.82) is 0 Å². The number of aliphatic hydroxyl groups is 1. The fourth-order valence-electron chi connectivity index (χ4n) is 1.89. The molecular formula is C14H15ClN2O3. The number of aromatic nitrogens is 2. The third-order valence-corrected chi connectivity index (χ3v) is 3.06. The van der Waals surface area contributed by atoms with E-state index in [1.54, 1.807) is 44.4 Å². The number of nitrogens with zero attached hydrogens (tertiary/aromatic N) is 2. The van der Waals surface area contributed by atoms with Crippen LogP contribution in [0, 0.1) is 0 Å². The summed E-state index contributed by atoms with van der Waals surface area (Å²) in [7, 11) is 1.68. The van der Waals surface area contributed by atoms with Crippen molar-refractivity contribution < 1.29 is 14.6 Å². The van der Waals surface area contributed by atoms with Gasteiger partial charge in [0.15, 0.2) is 5.69 Å². The second-order valence-corrected chi connectivity index (χ2v) is 4.72. The molecule has 5 nitrogen and oxygen atoms in total. The van der Waals surface area contributed by atoms with Crippen LogP contribution in [0.1, 0.15) is 34.6 Å². The van der Waals surface area contributed by atoms with Gasteiger partial charge in [-0.05, 0) is 24.6 Å². The van der Waals surface area contributed by atoms with Crippen LogP contribution in [0.4, 0.5) is 0 Å². The van der Waals surface area contributed by atoms with Gasteiger partial charge in [0.25, 0.3) is 0 Å². The molecule has 0 saturated heterocycles. The standard InChI is InChI=1S/C14H15ClN2O3/c1-3-20-14(19)12-11(8-17(2)16-12)13(18)9-4-6-10(15)7-5-9/h4-8,13,18H,3H2,1-2H3. The number of hydrogen-bond acceptors (Lipinski definition) is 4. The molecule has 0 fully saturated rings. The summed E-state index contributed by atoms with van der Waals surface area (Å²) in [5.74, 6) is -0.545. The highest BCUT2D eigenvalue weighted by Gasteiger charge is 2.23. The minimum absolute atomic E-state index is 0.122. The Morgan fingerprint density at radius 2 is 2.10 bits per heavy atom. The molecule has 1 aromatic carbocycles. The third-order valence-electron chi connectivity index (χ3n) is 2.81. The molecule has 20 heavy (non-hydrogen) atoms. The van der Waals surface area contributed by atoms with Crippen LogP contribution in [0.15, 0.2) is 30.5 Å². The van der Waals surface area contributed by atoms with Crippen LogP contribution >= 0.6 is 11.6 Å². The Balaban J connectivity index is 2.36. The molecule has 0 saturated carbocycles. The van der Waals surface area contributed by atoms with Crippen LogP contribution in [0.5, 0.6) is 0 Å². The Hall–Kier alpha value is -1.85. The fourth-order valence-corrected chi connectivity index (χ4v) is 2.02. The van der Waals surface area contributed by atoms with Gasteiger partial charge < -0.3 is 9.84 Å². The van der Waals surface area contributed by atoms with E-state index in [2.05, 4.69) is 5.10 Å². The lowest BCUT2D eigenvalue weighted by atomic mass is 10.0. The lowest BCUT2D eigenvalue weighted by Crippen LogP contribution is -2.11. The van der Waals surface area contributed by atoms with E-state index < -0.39 is 12.1 Å². The Labute approximate surface area is 121 Å². The highest BCUT2D eigenvalue weighted by atomic mass is 35.5. The molecule has 0 amide bonds. The van der Waals surface area contributed by atoms with Crippen molar-refractivity contribution in [3.8, 4) is 0 Å². The summed E-state index contributed by atoms with van der Waals surface area (Å²) in [6.45, 7) is 1.97. The number of aliphatic hydroxyl groups excluding tert-OH is 1. The quantitative estimate of drug-likeness (QED) is 0.879. The van der Waals surface area contributed by atoms with Gasteiger partial charge in [0, 0.05) is 23.8 Å². The predicted octanol–water partition coefficient (Wildman–Crippen LogP) is 2.33. The van der Waals surface area contributed by atoms with Crippen molar-refractivity contribution in [2.24, 2.45) is 7.05 Å². The van der Waals surface area contributed by atoms with Gasteiger partial charge in [-0.15, -0.1) is 0 Å². The van der Waals surface area contributed by atoms with Crippen LogP contribution in [0.25, 0.3) is 0 Å². The lowest BCUT2D eigenvalue weighted by Gasteiger charge is -2.10. The predicted molar refractivity (Wildman–Crippen MR) is 74.7 cm³/mol. The van der Waals surface area contributed by atoms with Gasteiger partial charge in [0.1, 0.15) is 6.10 Å². The maximum Gasteiger partial charge on any atom is 0.359 e. The Bertz CT molecular complexity index is 607. The Kier molecular flexibility index (Phi) is 4.42. The van der Waals surface area contributed by atoms with Gasteiger partial charge in [-0.1, -0.05) is 23.7 Å². The number of halogens is 1. The Morgan fingerprint density at radius 3 is 2.70 bits per heavy atom. The maximum absolute atomic E-state index is 11.8. The molecule has 0 aliphatic heterocycles. The molecule has 6 heteroatoms. The fraction of sp³-hybridized carbons (Fsp3) is 0.286. The number of benzene rings is 1. The van der Waals surface area contributed by atoms with E-state index in [0.29, 0.717) is 16.1 Å². The normalized spacial score (nSPS) is 12.2. The minimum Gasteiger partial charge on any atom is -0.461 e. The van der Waals surface area contributed by atoms with Crippen molar-refractivity contribution in [2.45, 2.75) is 13.0 Å². The van der Waals surface area contributed by atoms with Crippen molar-refractivity contribution in [2.75, 3.05) is 6.61 Å². The molecule has 0 radical (unpaired) electrons. The average molecular weight is 295 g/mol. The van der Waals surface area contributed by atoms with Gasteiger partial charge in [-0.25, -0.2) is 4.79 Å². The Morgan fingerprint density at radius 1 is 1.45 bits per heavy atom. The van der Waals surface area contributed by atoms with E-state index in [9.17, 15) is 9.90 Å². The van der Waals surface area contributed by atoms with Crippen LogP contribution in [-0.2, 0) is 11.8 Å². The van der Waals surface area contributed by atoms with Crippen LogP contribution in [-0.4, -0.2) is 27.5 Å². The smallest absolute Gasteiger partial charge is 0.359 e. The second-order valence-electron chi connectivity index (χ2n) is 4.28. The first kappa shape index (κ1) is 14.6. The zero-order valence-corrected chi connectivity index (χ0v) is 12.0. The SMILES string of the molecule is CCOC(=O)c1nn(C)cc1C(O)c1ccc(Cl)cc1. The molecule has 1 heterocycles. The molecule has 1 N–H and O–H groups in total. The van der Waals surface area contributed by atoms with Gasteiger partial charge >= 0.3 is 5.97 Å². The van der Waals surface area contributed by atoms with Crippen molar-refractivity contribution >= 4 is 17.6 Å². The van der Waals surface area contributed by atoms with E-state index in [0.717, 1.165) is 0 Å². The summed E-state index contributed by atoms with van der Waals surface area (Å²) in [5, 5.41) is 15.0. The summed E-state index contributed by atoms with van der Waals surface area (Å²) >= 11 is 5.82. The second kappa shape index (κ2) is 6.07. The van der Waals surface area contributed by atoms with Crippen LogP contribution < -0.4 is 0 Å². The number of carbonyl (C=O) groups excluding carboxylic acids is 1. The maximum atomic E-state index is 11.8. The van der Waals surface area contributed by atoms with E-state index in [1.807, 2.05) is 0 Å². The molecule has 2 aromatic rings. The van der Waals surface area contributed by atoms with E-state index >= 15 is 0 Å². The highest BCUT2D eigenvalue weighted by molar-refractivity contribution is 6.30. The van der Waals surface area contributed by atoms with E-state index in [1.165, 1.54) is 4.68 Å². The van der Waals surface area contributed by atoms with Crippen LogP contribution in [0.2, 0.25) is 5.02 Å². The van der Waals surface area contributed by atoms with E-state index in [-0.39, 0.29) is 12.3 Å². The first-order valence-corrected chi connectivity index (χ1v) is 6.55. The summed E-state index contributed by atoms with van der Waals surface area (Å²) < 4.78 is 6.41. The summed E-state index contributed by atoms with van der Waals surface area (Å²) in [4.78, 5) is 11.8. The molecule has 1 atom stereocenters. The number of ether oxygens (including phenoxy) is 1. The number of aryl methyl sites for hydroxylation is 1. The molecule has 1 unspecified atom stereocenters. The lowest BCUT2D eigenvalue weighted by molar-refractivity contribution is 0.0513. The zero-order chi connectivity index (χ0) is 14.7. The van der Waals surface area contributed by atoms with Crippen LogP contribution in [0.3, 0.4) is 0 Å². The van der Waals surface area contributed by atoms with Gasteiger partial charge in [-0.2, -0.15) is 5.10 Å². The first-order valence-electron chi connectivity index (χ1n) is 6.17. The molecule has 0 spiro atoms. The molecule has 0 aliphatic carbocycles. The molecule has 106 valence electrons. The molecule has 0 bridgehead atoms. The average Bonchev–Trinajstić information content (AvgIpc) is 2.81. The third kappa shape index (κ3) is 3.00. The van der Waals surface area contributed by atoms with Gasteiger partial charge in [0.05, 0.1) is 6.61 Å². The van der Waals surface area contributed by atoms with E-state index in [4.69, 9.17) is 16.3 Å². The summed E-state index contributed by atoms with van der Waals surface area (Å²) in [6.07, 6.45) is 0.645. The zero-order valence-electron chi connectivity index (χ0n) is 11.2. The van der Waals surface area contributed by atoms with Gasteiger partial charge in [0.2, 0.25) is 0 Å². The van der Waals surface area contributed by atoms with Crippen molar-refractivity contribution in [3.05, 3.63) is 52.3 Å².